The van der Waals surface area contributed by atoms with Crippen LogP contribution in [0.15, 0.2) is 41.3 Å². The third kappa shape index (κ3) is 4.49. The molecule has 0 bridgehead atoms. The number of nitrogens with zero attached hydrogens (tertiary/aromatic N) is 1. The number of nitrogens with one attached hydrogen (secondary N) is 1. The maximum Gasteiger partial charge on any atom is 0.269 e. The van der Waals surface area contributed by atoms with Crippen LogP contribution in [0.1, 0.15) is 11.0 Å². The lowest BCUT2D eigenvalue weighted by molar-refractivity contribution is -0.384. The van der Waals surface area contributed by atoms with Crippen LogP contribution in [0, 0.1) is 10.1 Å². The van der Waals surface area contributed by atoms with Crippen molar-refractivity contribution in [1.29, 1.82) is 0 Å². The monoisotopic (exact) mass is 376 g/mol. The molecule has 2 rings (SSSR count). The Balaban J connectivity index is 2.09. The lowest BCUT2D eigenvalue weighted by Crippen LogP contribution is -2.29. The molecule has 0 fully saturated rings. The molecule has 124 valence electrons. The Morgan fingerprint density at radius 1 is 1.30 bits per heavy atom. The van der Waals surface area contributed by atoms with E-state index in [0.29, 0.717) is 4.34 Å². The van der Waals surface area contributed by atoms with Gasteiger partial charge in [0.05, 0.1) is 14.2 Å². The minimum atomic E-state index is -3.79. The molecule has 7 nitrogen and oxygen atoms in total. The van der Waals surface area contributed by atoms with E-state index in [4.69, 9.17) is 16.3 Å². The number of non-ortho nitro benzene ring substituents is 1. The molecule has 23 heavy (non-hydrogen) atoms. The summed E-state index contributed by atoms with van der Waals surface area (Å²) in [5, 5.41) is 10.6. The van der Waals surface area contributed by atoms with Crippen LogP contribution in [-0.4, -0.2) is 27.0 Å². The van der Waals surface area contributed by atoms with Crippen LogP contribution in [-0.2, 0) is 14.8 Å². The summed E-state index contributed by atoms with van der Waals surface area (Å²) in [6.45, 7) is 0.0205. The first-order valence-electron chi connectivity index (χ1n) is 6.35. The Morgan fingerprint density at radius 2 is 1.96 bits per heavy atom. The van der Waals surface area contributed by atoms with Gasteiger partial charge in [-0.25, -0.2) is 13.1 Å². The summed E-state index contributed by atoms with van der Waals surface area (Å²) in [6.07, 6.45) is -0.472. The molecule has 0 radical (unpaired) electrons. The highest BCUT2D eigenvalue weighted by atomic mass is 35.5. The number of nitro benzene ring substituents is 1. The van der Waals surface area contributed by atoms with Gasteiger partial charge in [0.15, 0.2) is 0 Å². The summed E-state index contributed by atoms with van der Waals surface area (Å²) >= 11 is 7.16. The molecule has 0 saturated heterocycles. The van der Waals surface area contributed by atoms with Crippen LogP contribution in [0.4, 0.5) is 5.69 Å². The smallest absolute Gasteiger partial charge is 0.269 e. The van der Waals surface area contributed by atoms with Crippen molar-refractivity contribution in [2.45, 2.75) is 11.0 Å². The van der Waals surface area contributed by atoms with Crippen molar-refractivity contribution in [3.63, 3.8) is 0 Å². The van der Waals surface area contributed by atoms with Gasteiger partial charge >= 0.3 is 0 Å². The van der Waals surface area contributed by atoms with Crippen LogP contribution in [0.25, 0.3) is 0 Å². The summed E-state index contributed by atoms with van der Waals surface area (Å²) in [7, 11) is -2.32. The predicted octanol–water partition coefficient (Wildman–Crippen LogP) is 2.98. The predicted molar refractivity (Wildman–Crippen MR) is 87.4 cm³/mol. The molecule has 1 aromatic heterocycles. The van der Waals surface area contributed by atoms with Gasteiger partial charge in [0.2, 0.25) is 10.0 Å². The van der Waals surface area contributed by atoms with Crippen LogP contribution in [0.3, 0.4) is 0 Å². The van der Waals surface area contributed by atoms with E-state index in [9.17, 15) is 18.5 Å². The second-order valence-electron chi connectivity index (χ2n) is 4.47. The number of hydrogen-bond donors (Lipinski definition) is 1. The Morgan fingerprint density at radius 3 is 2.43 bits per heavy atom. The summed E-state index contributed by atoms with van der Waals surface area (Å²) in [5.41, 5.74) is -0.174. The molecule has 1 heterocycles. The maximum absolute atomic E-state index is 12.2. The fraction of sp³-hybridized carbons (Fsp3) is 0.231. The quantitative estimate of drug-likeness (QED) is 0.591. The first-order valence-corrected chi connectivity index (χ1v) is 9.03. The fourth-order valence-electron chi connectivity index (χ4n) is 1.82. The fourth-order valence-corrected chi connectivity index (χ4v) is 3.99. The zero-order valence-corrected chi connectivity index (χ0v) is 14.3. The van der Waals surface area contributed by atoms with E-state index >= 15 is 0 Å². The Hall–Kier alpha value is -1.52. The summed E-state index contributed by atoms with van der Waals surface area (Å²) in [6, 6.07) is 8.12. The van der Waals surface area contributed by atoms with Crippen LogP contribution in [0.5, 0.6) is 0 Å². The minimum Gasteiger partial charge on any atom is -0.375 e. The van der Waals surface area contributed by atoms with Crippen LogP contribution < -0.4 is 4.72 Å². The number of benzene rings is 1. The first-order chi connectivity index (χ1) is 10.8. The molecule has 0 saturated carbocycles. The van der Waals surface area contributed by atoms with Crippen molar-refractivity contribution in [1.82, 2.24) is 4.72 Å². The van der Waals surface area contributed by atoms with E-state index in [-0.39, 0.29) is 17.1 Å². The third-order valence-electron chi connectivity index (χ3n) is 3.01. The molecule has 0 aliphatic heterocycles. The number of nitro groups is 1. The number of halogens is 1. The largest absolute Gasteiger partial charge is 0.375 e. The van der Waals surface area contributed by atoms with Gasteiger partial charge in [-0.2, -0.15) is 0 Å². The van der Waals surface area contributed by atoms with Gasteiger partial charge in [0.1, 0.15) is 6.10 Å². The molecule has 1 unspecified atom stereocenters. The van der Waals surface area contributed by atoms with E-state index in [1.54, 1.807) is 12.1 Å². The van der Waals surface area contributed by atoms with Crippen molar-refractivity contribution >= 4 is 38.6 Å². The van der Waals surface area contributed by atoms with Crippen LogP contribution >= 0.6 is 22.9 Å². The van der Waals surface area contributed by atoms with Gasteiger partial charge in [-0.05, 0) is 24.3 Å². The highest BCUT2D eigenvalue weighted by Gasteiger charge is 2.20. The molecule has 1 aromatic carbocycles. The Labute approximate surface area is 142 Å². The van der Waals surface area contributed by atoms with Crippen molar-refractivity contribution in [2.75, 3.05) is 13.7 Å². The topological polar surface area (TPSA) is 98.5 Å². The van der Waals surface area contributed by atoms with E-state index in [0.717, 1.165) is 17.0 Å². The molecule has 1 N–H and O–H groups in total. The van der Waals surface area contributed by atoms with Crippen molar-refractivity contribution in [3.05, 3.63) is 55.7 Å². The molecule has 0 aliphatic rings. The van der Waals surface area contributed by atoms with Gasteiger partial charge in [-0.15, -0.1) is 11.3 Å². The SMILES string of the molecule is COC(CNS(=O)(=O)c1ccc([N+](=O)[O-])cc1)c1ccc(Cl)s1. The highest BCUT2D eigenvalue weighted by Crippen LogP contribution is 2.28. The Kier molecular flexibility index (Phi) is 5.71. The molecule has 0 spiro atoms. The van der Waals surface area contributed by atoms with Crippen LogP contribution in [0.2, 0.25) is 4.34 Å². The number of thiophene rings is 1. The Bertz CT molecular complexity index is 789. The first kappa shape index (κ1) is 17.8. The number of hydrogen-bond acceptors (Lipinski definition) is 6. The lowest BCUT2D eigenvalue weighted by Gasteiger charge is -2.14. The number of sulfonamides is 1. The molecule has 2 aromatic rings. The number of methoxy groups -OCH3 is 1. The average Bonchev–Trinajstić information content (AvgIpc) is 2.94. The van der Waals surface area contributed by atoms with E-state index in [1.165, 1.54) is 30.6 Å². The van der Waals surface area contributed by atoms with Crippen molar-refractivity contribution < 1.29 is 18.1 Å². The number of ether oxygens (including phenoxy) is 1. The minimum absolute atomic E-state index is 0.0205. The van der Waals surface area contributed by atoms with Gasteiger partial charge < -0.3 is 4.74 Å². The van der Waals surface area contributed by atoms with Crippen molar-refractivity contribution in [3.8, 4) is 0 Å². The van der Waals surface area contributed by atoms with Crippen molar-refractivity contribution in [2.24, 2.45) is 0 Å². The zero-order chi connectivity index (χ0) is 17.0. The molecular weight excluding hydrogens is 364 g/mol. The normalized spacial score (nSPS) is 13.0. The standard InChI is InChI=1S/C13H13ClN2O5S2/c1-21-11(12-6-7-13(14)22-12)8-15-23(19,20)10-4-2-9(3-5-10)16(17)18/h2-7,11,15H,8H2,1H3. The van der Waals surface area contributed by atoms with E-state index in [1.807, 2.05) is 0 Å². The van der Waals surface area contributed by atoms with Gasteiger partial charge in [0.25, 0.3) is 5.69 Å². The van der Waals surface area contributed by atoms with Gasteiger partial charge in [-0.1, -0.05) is 11.6 Å². The van der Waals surface area contributed by atoms with Gasteiger partial charge in [-0.3, -0.25) is 10.1 Å². The van der Waals surface area contributed by atoms with E-state index < -0.39 is 21.1 Å². The zero-order valence-electron chi connectivity index (χ0n) is 11.9. The third-order valence-corrected chi connectivity index (χ3v) is 5.78. The molecule has 1 atom stereocenters. The number of rotatable bonds is 7. The van der Waals surface area contributed by atoms with Gasteiger partial charge in [0, 0.05) is 30.7 Å². The second-order valence-corrected chi connectivity index (χ2v) is 7.98. The molecule has 10 heteroatoms. The second kappa shape index (κ2) is 7.37. The van der Waals surface area contributed by atoms with E-state index in [2.05, 4.69) is 4.72 Å². The summed E-state index contributed by atoms with van der Waals surface area (Å²) < 4.78 is 32.7. The lowest BCUT2D eigenvalue weighted by atomic mass is 10.3. The highest BCUT2D eigenvalue weighted by molar-refractivity contribution is 7.89. The summed E-state index contributed by atoms with van der Waals surface area (Å²) in [5.74, 6) is 0. The molecule has 0 aliphatic carbocycles. The maximum atomic E-state index is 12.2. The molecular formula is C13H13ClN2O5S2. The average molecular weight is 377 g/mol. The molecule has 0 amide bonds. The summed E-state index contributed by atoms with van der Waals surface area (Å²) in [4.78, 5) is 10.7.